The van der Waals surface area contributed by atoms with E-state index in [2.05, 4.69) is 27.4 Å². The molecule has 0 spiro atoms. The van der Waals surface area contributed by atoms with Crippen molar-refractivity contribution in [2.45, 2.75) is 49.6 Å². The largest absolute Gasteiger partial charge is 0.366 e. The van der Waals surface area contributed by atoms with Crippen LogP contribution >= 0.6 is 23.4 Å². The highest BCUT2D eigenvalue weighted by molar-refractivity contribution is 7.98. The van der Waals surface area contributed by atoms with Gasteiger partial charge < -0.3 is 15.5 Å². The van der Waals surface area contributed by atoms with Gasteiger partial charge in [-0.1, -0.05) is 24.4 Å². The molecule has 22 heavy (non-hydrogen) atoms. The molecule has 122 valence electrons. The summed E-state index contributed by atoms with van der Waals surface area (Å²) in [6.07, 6.45) is 7.06. The van der Waals surface area contributed by atoms with Gasteiger partial charge in [0.25, 0.3) is 0 Å². The Kier molecular flexibility index (Phi) is 5.31. The number of hydrogen-bond donors (Lipinski definition) is 2. The van der Waals surface area contributed by atoms with Gasteiger partial charge in [-0.05, 0) is 26.0 Å². The van der Waals surface area contributed by atoms with Gasteiger partial charge in [0.15, 0.2) is 0 Å². The van der Waals surface area contributed by atoms with Crippen molar-refractivity contribution in [2.24, 2.45) is 0 Å². The number of piperazine rings is 1. The van der Waals surface area contributed by atoms with Gasteiger partial charge >= 0.3 is 0 Å². The topological polar surface area (TPSA) is 53.1 Å². The molecule has 1 aliphatic heterocycles. The van der Waals surface area contributed by atoms with Crippen molar-refractivity contribution in [3.8, 4) is 0 Å². The van der Waals surface area contributed by atoms with Crippen LogP contribution in [-0.2, 0) is 0 Å². The van der Waals surface area contributed by atoms with E-state index in [-0.39, 0.29) is 0 Å². The minimum absolute atomic E-state index is 0.379. The molecule has 1 saturated heterocycles. The first-order chi connectivity index (χ1) is 10.7. The minimum atomic E-state index is 0.379. The van der Waals surface area contributed by atoms with Gasteiger partial charge in [-0.25, -0.2) is 0 Å². The van der Waals surface area contributed by atoms with Crippen LogP contribution in [0.5, 0.6) is 0 Å². The van der Waals surface area contributed by atoms with Crippen LogP contribution in [0.1, 0.15) is 32.6 Å². The summed E-state index contributed by atoms with van der Waals surface area (Å²) in [6.45, 7) is 5.02. The van der Waals surface area contributed by atoms with Crippen molar-refractivity contribution in [3.63, 3.8) is 0 Å². The number of rotatable bonds is 4. The molecule has 3 rings (SSSR count). The van der Waals surface area contributed by atoms with Crippen LogP contribution in [0.3, 0.4) is 0 Å². The Bertz CT molecular complexity index is 521. The predicted molar refractivity (Wildman–Crippen MR) is 94.4 cm³/mol. The van der Waals surface area contributed by atoms with E-state index in [4.69, 9.17) is 16.6 Å². The highest BCUT2D eigenvalue weighted by Gasteiger charge is 2.24. The molecule has 0 aromatic carbocycles. The standard InChI is InChI=1S/C15H24ClN5S/c1-10-9-17-7-8-21(10)15-19-13(16)12(22-2)14(20-15)18-11-5-3-4-6-11/h10-11,17H,3-9H2,1-2H3,(H,18,19,20). The number of nitrogens with one attached hydrogen (secondary N) is 2. The minimum Gasteiger partial charge on any atom is -0.366 e. The zero-order valence-electron chi connectivity index (χ0n) is 13.2. The maximum Gasteiger partial charge on any atom is 0.229 e. The summed E-state index contributed by atoms with van der Waals surface area (Å²) in [6, 6.07) is 0.898. The fourth-order valence-electron chi connectivity index (χ4n) is 3.22. The third-order valence-corrected chi connectivity index (χ3v) is 5.65. The molecule has 1 aromatic heterocycles. The summed E-state index contributed by atoms with van der Waals surface area (Å²) in [5, 5.41) is 7.55. The lowest BCUT2D eigenvalue weighted by Gasteiger charge is -2.34. The maximum atomic E-state index is 6.43. The Hall–Kier alpha value is -0.720. The second-order valence-corrected chi connectivity index (χ2v) is 7.24. The fourth-order valence-corrected chi connectivity index (χ4v) is 4.13. The van der Waals surface area contributed by atoms with Gasteiger partial charge in [0, 0.05) is 31.7 Å². The number of hydrogen-bond acceptors (Lipinski definition) is 6. The lowest BCUT2D eigenvalue weighted by molar-refractivity contribution is 0.492. The molecule has 7 heteroatoms. The van der Waals surface area contributed by atoms with Crippen LogP contribution in [0.2, 0.25) is 5.15 Å². The third-order valence-electron chi connectivity index (χ3n) is 4.47. The summed E-state index contributed by atoms with van der Waals surface area (Å²) in [7, 11) is 0. The lowest BCUT2D eigenvalue weighted by Crippen LogP contribution is -2.50. The molecular formula is C15H24ClN5S. The van der Waals surface area contributed by atoms with E-state index in [9.17, 15) is 0 Å². The first kappa shape index (κ1) is 16.1. The van der Waals surface area contributed by atoms with Crippen LogP contribution in [-0.4, -0.2) is 47.9 Å². The number of anilines is 2. The quantitative estimate of drug-likeness (QED) is 0.648. The van der Waals surface area contributed by atoms with E-state index >= 15 is 0 Å². The second-order valence-electron chi connectivity index (χ2n) is 6.07. The van der Waals surface area contributed by atoms with Crippen LogP contribution in [0.15, 0.2) is 4.90 Å². The molecule has 2 heterocycles. The molecule has 1 atom stereocenters. The molecule has 1 aromatic rings. The van der Waals surface area contributed by atoms with E-state index in [0.29, 0.717) is 17.2 Å². The summed E-state index contributed by atoms with van der Waals surface area (Å²) in [5.41, 5.74) is 0. The zero-order chi connectivity index (χ0) is 15.5. The average molecular weight is 342 g/mol. The number of halogens is 1. The van der Waals surface area contributed by atoms with Crippen molar-refractivity contribution in [1.29, 1.82) is 0 Å². The Morgan fingerprint density at radius 1 is 1.32 bits per heavy atom. The number of thioether (sulfide) groups is 1. The van der Waals surface area contributed by atoms with E-state index < -0.39 is 0 Å². The van der Waals surface area contributed by atoms with E-state index in [1.807, 2.05) is 6.26 Å². The highest BCUT2D eigenvalue weighted by Crippen LogP contribution is 2.34. The molecule has 2 aliphatic rings. The molecular weight excluding hydrogens is 318 g/mol. The van der Waals surface area contributed by atoms with Gasteiger partial charge in [0.1, 0.15) is 11.0 Å². The Balaban J connectivity index is 1.88. The van der Waals surface area contributed by atoms with Crippen LogP contribution in [0.25, 0.3) is 0 Å². The van der Waals surface area contributed by atoms with E-state index in [1.54, 1.807) is 11.8 Å². The van der Waals surface area contributed by atoms with Crippen LogP contribution in [0.4, 0.5) is 11.8 Å². The number of nitrogens with zero attached hydrogens (tertiary/aromatic N) is 3. The van der Waals surface area contributed by atoms with Crippen molar-refractivity contribution in [3.05, 3.63) is 5.15 Å². The highest BCUT2D eigenvalue weighted by atomic mass is 35.5. The Morgan fingerprint density at radius 2 is 2.09 bits per heavy atom. The smallest absolute Gasteiger partial charge is 0.229 e. The van der Waals surface area contributed by atoms with Crippen LogP contribution in [0, 0.1) is 0 Å². The van der Waals surface area contributed by atoms with E-state index in [0.717, 1.165) is 36.3 Å². The molecule has 1 saturated carbocycles. The SMILES string of the molecule is CSc1c(Cl)nc(N2CCNCC2C)nc1NC1CCCC1. The van der Waals surface area contributed by atoms with Crippen molar-refractivity contribution < 1.29 is 0 Å². The maximum absolute atomic E-state index is 6.43. The Morgan fingerprint density at radius 3 is 2.77 bits per heavy atom. The molecule has 2 fully saturated rings. The normalized spacial score (nSPS) is 23.0. The molecule has 0 amide bonds. The monoisotopic (exact) mass is 341 g/mol. The van der Waals surface area contributed by atoms with Crippen molar-refractivity contribution in [2.75, 3.05) is 36.1 Å². The molecule has 5 nitrogen and oxygen atoms in total. The lowest BCUT2D eigenvalue weighted by atomic mass is 10.2. The van der Waals surface area contributed by atoms with Gasteiger partial charge in [0.05, 0.1) is 4.90 Å². The van der Waals surface area contributed by atoms with Gasteiger partial charge in [-0.2, -0.15) is 9.97 Å². The van der Waals surface area contributed by atoms with Gasteiger partial charge in [-0.3, -0.25) is 0 Å². The van der Waals surface area contributed by atoms with Gasteiger partial charge in [0.2, 0.25) is 5.95 Å². The molecule has 0 radical (unpaired) electrons. The molecule has 0 bridgehead atoms. The second kappa shape index (κ2) is 7.23. The molecule has 1 unspecified atom stereocenters. The average Bonchev–Trinajstić information content (AvgIpc) is 3.00. The van der Waals surface area contributed by atoms with E-state index in [1.165, 1.54) is 25.7 Å². The molecule has 2 N–H and O–H groups in total. The first-order valence-corrected chi connectivity index (χ1v) is 9.64. The van der Waals surface area contributed by atoms with Crippen molar-refractivity contribution >= 4 is 35.1 Å². The summed E-state index contributed by atoms with van der Waals surface area (Å²) in [4.78, 5) is 12.6. The van der Waals surface area contributed by atoms with Crippen molar-refractivity contribution in [1.82, 2.24) is 15.3 Å². The Labute approximate surface area is 141 Å². The summed E-state index contributed by atoms with van der Waals surface area (Å²) < 4.78 is 0. The first-order valence-electron chi connectivity index (χ1n) is 8.04. The third kappa shape index (κ3) is 3.44. The zero-order valence-corrected chi connectivity index (χ0v) is 14.8. The fraction of sp³-hybridized carbons (Fsp3) is 0.733. The predicted octanol–water partition coefficient (Wildman–Crippen LogP) is 3.00. The number of aromatic nitrogens is 2. The summed E-state index contributed by atoms with van der Waals surface area (Å²) >= 11 is 8.04. The molecule has 1 aliphatic carbocycles. The summed E-state index contributed by atoms with van der Waals surface area (Å²) in [5.74, 6) is 1.65. The van der Waals surface area contributed by atoms with Gasteiger partial charge in [-0.15, -0.1) is 11.8 Å². The van der Waals surface area contributed by atoms with Crippen LogP contribution < -0.4 is 15.5 Å².